The third-order valence-corrected chi connectivity index (χ3v) is 4.97. The van der Waals surface area contributed by atoms with Gasteiger partial charge < -0.3 is 14.5 Å². The zero-order valence-corrected chi connectivity index (χ0v) is 17.4. The lowest BCUT2D eigenvalue weighted by Gasteiger charge is -2.26. The molecule has 0 spiro atoms. The maximum atomic E-state index is 12.8. The van der Waals surface area contributed by atoms with E-state index >= 15 is 0 Å². The number of ether oxygens (including phenoxy) is 1. The number of amides is 1. The van der Waals surface area contributed by atoms with Crippen LogP contribution in [-0.2, 0) is 20.7 Å². The minimum atomic E-state index is -0.307. The standard InChI is InChI=1S/C22H36N2O3/c1-5-23(6-2)16-10-11-17-24(18-19(3)22(26)27-4)21(25)15-14-20-12-8-7-9-13-20/h7-9,12-13,19H,5-6,10-11,14-18H2,1-4H3. The second-order valence-electron chi connectivity index (χ2n) is 6.98. The number of methoxy groups -OCH3 is 1. The smallest absolute Gasteiger partial charge is 0.310 e. The van der Waals surface area contributed by atoms with Crippen LogP contribution in [-0.4, -0.2) is 61.5 Å². The van der Waals surface area contributed by atoms with Gasteiger partial charge in [-0.25, -0.2) is 0 Å². The van der Waals surface area contributed by atoms with E-state index < -0.39 is 0 Å². The highest BCUT2D eigenvalue weighted by Crippen LogP contribution is 2.10. The molecular weight excluding hydrogens is 340 g/mol. The van der Waals surface area contributed by atoms with Gasteiger partial charge in [0.2, 0.25) is 5.91 Å². The summed E-state index contributed by atoms with van der Waals surface area (Å²) in [5.74, 6) is -0.463. The molecule has 5 heteroatoms. The van der Waals surface area contributed by atoms with Crippen LogP contribution in [0.3, 0.4) is 0 Å². The Kier molecular flexibility index (Phi) is 11.4. The van der Waals surface area contributed by atoms with E-state index in [9.17, 15) is 9.59 Å². The predicted molar refractivity (Wildman–Crippen MR) is 110 cm³/mol. The molecule has 0 bridgehead atoms. The number of unbranched alkanes of at least 4 members (excludes halogenated alkanes) is 1. The van der Waals surface area contributed by atoms with E-state index in [1.807, 2.05) is 42.2 Å². The lowest BCUT2D eigenvalue weighted by atomic mass is 10.1. The monoisotopic (exact) mass is 376 g/mol. The largest absolute Gasteiger partial charge is 0.469 e. The highest BCUT2D eigenvalue weighted by Gasteiger charge is 2.21. The molecule has 0 fully saturated rings. The Hall–Kier alpha value is -1.88. The summed E-state index contributed by atoms with van der Waals surface area (Å²) >= 11 is 0. The Balaban J connectivity index is 2.57. The minimum absolute atomic E-state index is 0.109. The zero-order valence-electron chi connectivity index (χ0n) is 17.4. The van der Waals surface area contributed by atoms with Crippen molar-refractivity contribution >= 4 is 11.9 Å². The van der Waals surface area contributed by atoms with Crippen LogP contribution in [0, 0.1) is 5.92 Å². The molecule has 0 heterocycles. The van der Waals surface area contributed by atoms with Crippen molar-refractivity contribution in [2.24, 2.45) is 5.92 Å². The molecule has 0 aliphatic rings. The summed E-state index contributed by atoms with van der Waals surface area (Å²) < 4.78 is 4.82. The molecule has 0 N–H and O–H groups in total. The van der Waals surface area contributed by atoms with E-state index in [1.165, 1.54) is 7.11 Å². The van der Waals surface area contributed by atoms with Crippen molar-refractivity contribution in [3.05, 3.63) is 35.9 Å². The molecule has 0 aliphatic carbocycles. The van der Waals surface area contributed by atoms with Crippen LogP contribution in [0.25, 0.3) is 0 Å². The highest BCUT2D eigenvalue weighted by atomic mass is 16.5. The Bertz CT molecular complexity index is 544. The average molecular weight is 377 g/mol. The van der Waals surface area contributed by atoms with Gasteiger partial charge in [0.05, 0.1) is 13.0 Å². The molecule has 0 saturated heterocycles. The summed E-state index contributed by atoms with van der Waals surface area (Å²) in [5.41, 5.74) is 1.16. The first-order valence-corrected chi connectivity index (χ1v) is 10.1. The quantitative estimate of drug-likeness (QED) is 0.391. The van der Waals surface area contributed by atoms with Crippen LogP contribution in [0.5, 0.6) is 0 Å². The number of carbonyl (C=O) groups is 2. The number of esters is 1. The lowest BCUT2D eigenvalue weighted by Crippen LogP contribution is -2.38. The molecule has 0 radical (unpaired) electrons. The van der Waals surface area contributed by atoms with Crippen molar-refractivity contribution in [1.29, 1.82) is 0 Å². The first-order valence-electron chi connectivity index (χ1n) is 10.1. The van der Waals surface area contributed by atoms with Crippen molar-refractivity contribution in [2.45, 2.75) is 46.5 Å². The fourth-order valence-corrected chi connectivity index (χ4v) is 3.16. The van der Waals surface area contributed by atoms with Gasteiger partial charge in [0, 0.05) is 19.5 Å². The summed E-state index contributed by atoms with van der Waals surface area (Å²) in [6, 6.07) is 10.0. The van der Waals surface area contributed by atoms with Crippen molar-refractivity contribution in [3.63, 3.8) is 0 Å². The van der Waals surface area contributed by atoms with Gasteiger partial charge in [0.25, 0.3) is 0 Å². The highest BCUT2D eigenvalue weighted by molar-refractivity contribution is 5.78. The fraction of sp³-hybridized carbons (Fsp3) is 0.636. The predicted octanol–water partition coefficient (Wildman–Crippen LogP) is 3.38. The molecular formula is C22H36N2O3. The van der Waals surface area contributed by atoms with Crippen LogP contribution < -0.4 is 0 Å². The summed E-state index contributed by atoms with van der Waals surface area (Å²) in [6.07, 6.45) is 3.19. The molecule has 0 aromatic heterocycles. The fourth-order valence-electron chi connectivity index (χ4n) is 3.16. The maximum Gasteiger partial charge on any atom is 0.310 e. The first-order chi connectivity index (χ1) is 13.0. The maximum absolute atomic E-state index is 12.8. The van der Waals surface area contributed by atoms with Crippen LogP contribution in [0.2, 0.25) is 0 Å². The molecule has 0 saturated carbocycles. The summed E-state index contributed by atoms with van der Waals surface area (Å²) in [5, 5.41) is 0. The Morgan fingerprint density at radius 3 is 2.26 bits per heavy atom. The van der Waals surface area contributed by atoms with E-state index in [0.717, 1.165) is 44.5 Å². The van der Waals surface area contributed by atoms with Crippen molar-refractivity contribution in [2.75, 3.05) is 39.8 Å². The van der Waals surface area contributed by atoms with Crippen molar-refractivity contribution in [1.82, 2.24) is 9.80 Å². The molecule has 1 amide bonds. The third-order valence-electron chi connectivity index (χ3n) is 4.97. The van der Waals surface area contributed by atoms with Gasteiger partial charge in [0.15, 0.2) is 0 Å². The lowest BCUT2D eigenvalue weighted by molar-refractivity contribution is -0.146. The number of benzene rings is 1. The summed E-state index contributed by atoms with van der Waals surface area (Å²) in [6.45, 7) is 10.4. The topological polar surface area (TPSA) is 49.9 Å². The Labute approximate surface area is 164 Å². The molecule has 1 aromatic carbocycles. The van der Waals surface area contributed by atoms with E-state index in [-0.39, 0.29) is 17.8 Å². The van der Waals surface area contributed by atoms with Crippen molar-refractivity contribution < 1.29 is 14.3 Å². The van der Waals surface area contributed by atoms with Crippen molar-refractivity contribution in [3.8, 4) is 0 Å². The van der Waals surface area contributed by atoms with Gasteiger partial charge in [-0.2, -0.15) is 0 Å². The average Bonchev–Trinajstić information content (AvgIpc) is 2.71. The van der Waals surface area contributed by atoms with Gasteiger partial charge in [-0.1, -0.05) is 51.1 Å². The third kappa shape index (κ3) is 9.05. The van der Waals surface area contributed by atoms with E-state index in [1.54, 1.807) is 0 Å². The van der Waals surface area contributed by atoms with Gasteiger partial charge in [-0.3, -0.25) is 9.59 Å². The summed E-state index contributed by atoms with van der Waals surface area (Å²) in [4.78, 5) is 28.8. The van der Waals surface area contributed by atoms with Crippen LogP contribution in [0.15, 0.2) is 30.3 Å². The number of hydrogen-bond acceptors (Lipinski definition) is 4. The molecule has 1 unspecified atom stereocenters. The normalized spacial score (nSPS) is 12.0. The number of nitrogens with zero attached hydrogens (tertiary/aromatic N) is 2. The number of rotatable bonds is 13. The van der Waals surface area contributed by atoms with E-state index in [4.69, 9.17) is 4.74 Å². The summed E-state index contributed by atoms with van der Waals surface area (Å²) in [7, 11) is 1.39. The van der Waals surface area contributed by atoms with Gasteiger partial charge in [-0.05, 0) is 44.5 Å². The molecule has 1 atom stereocenters. The zero-order chi connectivity index (χ0) is 20.1. The Morgan fingerprint density at radius 1 is 1.04 bits per heavy atom. The molecule has 5 nitrogen and oxygen atoms in total. The van der Waals surface area contributed by atoms with E-state index in [0.29, 0.717) is 19.5 Å². The first kappa shape index (κ1) is 23.2. The molecule has 27 heavy (non-hydrogen) atoms. The molecule has 1 rings (SSSR count). The van der Waals surface area contributed by atoms with Crippen LogP contribution >= 0.6 is 0 Å². The molecule has 1 aromatic rings. The SMILES string of the molecule is CCN(CC)CCCCN(CC(C)C(=O)OC)C(=O)CCc1ccccc1. The van der Waals surface area contributed by atoms with Gasteiger partial charge >= 0.3 is 5.97 Å². The van der Waals surface area contributed by atoms with Gasteiger partial charge in [-0.15, -0.1) is 0 Å². The molecule has 152 valence electrons. The van der Waals surface area contributed by atoms with Gasteiger partial charge in [0.1, 0.15) is 0 Å². The molecule has 0 aliphatic heterocycles. The van der Waals surface area contributed by atoms with Crippen LogP contribution in [0.4, 0.5) is 0 Å². The number of aryl methyl sites for hydroxylation is 1. The van der Waals surface area contributed by atoms with Crippen LogP contribution in [0.1, 0.15) is 45.6 Å². The Morgan fingerprint density at radius 2 is 1.67 bits per heavy atom. The minimum Gasteiger partial charge on any atom is -0.469 e. The number of carbonyl (C=O) groups excluding carboxylic acids is 2. The second kappa shape index (κ2) is 13.3. The second-order valence-corrected chi connectivity index (χ2v) is 6.98. The number of hydrogen-bond donors (Lipinski definition) is 0. The van der Waals surface area contributed by atoms with E-state index in [2.05, 4.69) is 18.7 Å².